The summed E-state index contributed by atoms with van der Waals surface area (Å²) in [6, 6.07) is 4.84. The van der Waals surface area contributed by atoms with E-state index in [0.717, 1.165) is 24.8 Å². The number of carboxylic acids is 1. The Kier molecular flexibility index (Phi) is 6.65. The van der Waals surface area contributed by atoms with Gasteiger partial charge in [0.25, 0.3) is 0 Å². The Bertz CT molecular complexity index is 713. The maximum atomic E-state index is 11.1. The quantitative estimate of drug-likeness (QED) is 0.680. The van der Waals surface area contributed by atoms with Crippen LogP contribution in [0.2, 0.25) is 0 Å². The van der Waals surface area contributed by atoms with Gasteiger partial charge in [0, 0.05) is 6.42 Å². The van der Waals surface area contributed by atoms with Gasteiger partial charge in [0.1, 0.15) is 11.4 Å². The number of ether oxygens (including phenoxy) is 1. The first-order valence-corrected chi connectivity index (χ1v) is 9.23. The average molecular weight is 358 g/mol. The number of hydrogen-bond donors (Lipinski definition) is 2. The largest absolute Gasteiger partial charge is 0.485 e. The monoisotopic (exact) mass is 358 g/mol. The number of aliphatic hydroxyl groups excluding tert-OH is 1. The summed E-state index contributed by atoms with van der Waals surface area (Å²) in [5.74, 6) is -0.295. The van der Waals surface area contributed by atoms with E-state index in [1.807, 2.05) is 6.92 Å². The van der Waals surface area contributed by atoms with Crippen molar-refractivity contribution in [2.24, 2.45) is 0 Å². The zero-order chi connectivity index (χ0) is 19.3. The van der Waals surface area contributed by atoms with Crippen molar-refractivity contribution >= 4 is 5.97 Å². The number of fused-ring (bicyclic) bond motifs is 1. The maximum Gasteiger partial charge on any atom is 0.335 e. The molecule has 0 saturated carbocycles. The van der Waals surface area contributed by atoms with Gasteiger partial charge >= 0.3 is 5.97 Å². The van der Waals surface area contributed by atoms with Crippen molar-refractivity contribution in [3.8, 4) is 5.75 Å². The number of carboxylic acid groups (broad SMARTS) is 1. The Morgan fingerprint density at radius 1 is 1.27 bits per heavy atom. The Balaban J connectivity index is 1.99. The number of aromatic carboxylic acids is 1. The minimum atomic E-state index is -0.968. The van der Waals surface area contributed by atoms with Crippen LogP contribution in [0, 0.1) is 0 Å². The molecule has 1 heterocycles. The first-order valence-electron chi connectivity index (χ1n) is 9.23. The number of benzene rings is 1. The molecule has 1 aliphatic heterocycles. The molecule has 0 aromatic heterocycles. The minimum Gasteiger partial charge on any atom is -0.485 e. The SMILES string of the molecule is CC(C)=CCCC(C)=CCC[C@@]1(C)Oc2ccc(C(=O)O)cc2C[C@H]1O. The van der Waals surface area contributed by atoms with Crippen LogP contribution in [-0.4, -0.2) is 27.9 Å². The van der Waals surface area contributed by atoms with Crippen molar-refractivity contribution in [2.45, 2.75) is 71.5 Å². The fourth-order valence-electron chi connectivity index (χ4n) is 3.23. The van der Waals surface area contributed by atoms with Gasteiger partial charge in [-0.15, -0.1) is 0 Å². The highest BCUT2D eigenvalue weighted by Gasteiger charge is 2.39. The zero-order valence-electron chi connectivity index (χ0n) is 16.2. The van der Waals surface area contributed by atoms with E-state index in [1.54, 1.807) is 18.2 Å². The van der Waals surface area contributed by atoms with E-state index in [2.05, 4.69) is 32.9 Å². The van der Waals surface area contributed by atoms with E-state index in [9.17, 15) is 9.90 Å². The van der Waals surface area contributed by atoms with E-state index >= 15 is 0 Å². The van der Waals surface area contributed by atoms with Gasteiger partial charge in [0.05, 0.1) is 11.7 Å². The molecule has 142 valence electrons. The lowest BCUT2D eigenvalue weighted by Crippen LogP contribution is -2.48. The van der Waals surface area contributed by atoms with Crippen molar-refractivity contribution in [1.82, 2.24) is 0 Å². The number of carbonyl (C=O) groups is 1. The molecule has 1 aromatic carbocycles. The van der Waals surface area contributed by atoms with Gasteiger partial charge in [-0.1, -0.05) is 23.3 Å². The van der Waals surface area contributed by atoms with Crippen LogP contribution in [-0.2, 0) is 6.42 Å². The smallest absolute Gasteiger partial charge is 0.335 e. The van der Waals surface area contributed by atoms with Crippen molar-refractivity contribution in [1.29, 1.82) is 0 Å². The van der Waals surface area contributed by atoms with Crippen molar-refractivity contribution < 1.29 is 19.7 Å². The second-order valence-corrected chi connectivity index (χ2v) is 7.67. The third kappa shape index (κ3) is 5.21. The normalized spacial score (nSPS) is 22.3. The van der Waals surface area contributed by atoms with Gasteiger partial charge in [-0.3, -0.25) is 0 Å². The molecular weight excluding hydrogens is 328 g/mol. The van der Waals surface area contributed by atoms with Crippen molar-refractivity contribution in [3.63, 3.8) is 0 Å². The van der Waals surface area contributed by atoms with Gasteiger partial charge < -0.3 is 14.9 Å². The Morgan fingerprint density at radius 2 is 2.00 bits per heavy atom. The molecule has 2 N–H and O–H groups in total. The minimum absolute atomic E-state index is 0.220. The molecule has 4 nitrogen and oxygen atoms in total. The Morgan fingerprint density at radius 3 is 2.65 bits per heavy atom. The first kappa shape index (κ1) is 20.2. The fraction of sp³-hybridized carbons (Fsp3) is 0.500. The van der Waals surface area contributed by atoms with Crippen LogP contribution in [0.1, 0.15) is 69.3 Å². The summed E-state index contributed by atoms with van der Waals surface area (Å²) in [4.78, 5) is 11.1. The van der Waals surface area contributed by atoms with E-state index in [1.165, 1.54) is 11.1 Å². The lowest BCUT2D eigenvalue weighted by atomic mass is 9.85. The van der Waals surface area contributed by atoms with Gasteiger partial charge in [0.2, 0.25) is 0 Å². The second-order valence-electron chi connectivity index (χ2n) is 7.67. The van der Waals surface area contributed by atoms with Gasteiger partial charge in [0.15, 0.2) is 0 Å². The lowest BCUT2D eigenvalue weighted by molar-refractivity contribution is -0.0587. The highest BCUT2D eigenvalue weighted by atomic mass is 16.5. The van der Waals surface area contributed by atoms with Crippen LogP contribution in [0.25, 0.3) is 0 Å². The molecule has 0 aliphatic carbocycles. The van der Waals surface area contributed by atoms with Crippen LogP contribution in [0.3, 0.4) is 0 Å². The van der Waals surface area contributed by atoms with Crippen LogP contribution in [0.15, 0.2) is 41.5 Å². The second kappa shape index (κ2) is 8.54. The van der Waals surface area contributed by atoms with Crippen molar-refractivity contribution in [3.05, 3.63) is 52.6 Å². The number of allylic oxidation sites excluding steroid dienone is 4. The van der Waals surface area contributed by atoms with Crippen LogP contribution < -0.4 is 4.74 Å². The Hall–Kier alpha value is -2.07. The molecule has 0 fully saturated rings. The molecule has 1 aromatic rings. The number of hydrogen-bond acceptors (Lipinski definition) is 3. The van der Waals surface area contributed by atoms with Gasteiger partial charge in [-0.25, -0.2) is 4.79 Å². The van der Waals surface area contributed by atoms with E-state index < -0.39 is 17.7 Å². The predicted molar refractivity (Wildman–Crippen MR) is 104 cm³/mol. The standard InChI is InChI=1S/C22H30O4/c1-15(2)7-5-8-16(3)9-6-12-22(4)20(23)14-18-13-17(21(24)25)10-11-19(18)26-22/h7,9-11,13,20,23H,5-6,8,12,14H2,1-4H3,(H,24,25)/t20-,22-/m1/s1. The summed E-state index contributed by atoms with van der Waals surface area (Å²) in [7, 11) is 0. The third-order valence-corrected chi connectivity index (χ3v) is 4.99. The maximum absolute atomic E-state index is 11.1. The fourth-order valence-corrected chi connectivity index (χ4v) is 3.23. The summed E-state index contributed by atoms with van der Waals surface area (Å²) < 4.78 is 6.08. The summed E-state index contributed by atoms with van der Waals surface area (Å²) in [6.07, 6.45) is 7.89. The Labute approximate surface area is 156 Å². The molecule has 26 heavy (non-hydrogen) atoms. The highest BCUT2D eigenvalue weighted by molar-refractivity contribution is 5.88. The molecule has 2 atom stereocenters. The molecule has 1 aliphatic rings. The number of rotatable bonds is 7. The highest BCUT2D eigenvalue weighted by Crippen LogP contribution is 2.36. The number of aliphatic hydroxyl groups is 1. The van der Waals surface area contributed by atoms with E-state index in [4.69, 9.17) is 9.84 Å². The molecule has 0 unspecified atom stereocenters. The predicted octanol–water partition coefficient (Wildman–Crippen LogP) is 4.91. The first-order chi connectivity index (χ1) is 12.2. The van der Waals surface area contributed by atoms with Gasteiger partial charge in [-0.2, -0.15) is 0 Å². The topological polar surface area (TPSA) is 66.8 Å². The summed E-state index contributed by atoms with van der Waals surface area (Å²) in [5.41, 5.74) is 3.01. The molecule has 0 spiro atoms. The van der Waals surface area contributed by atoms with E-state index in [-0.39, 0.29) is 5.56 Å². The molecule has 0 radical (unpaired) electrons. The summed E-state index contributed by atoms with van der Waals surface area (Å²) in [6.45, 7) is 8.29. The molecule has 0 bridgehead atoms. The zero-order valence-corrected chi connectivity index (χ0v) is 16.2. The van der Waals surface area contributed by atoms with Crippen LogP contribution in [0.4, 0.5) is 0 Å². The molecular formula is C22H30O4. The summed E-state index contributed by atoms with van der Waals surface area (Å²) in [5, 5.41) is 19.7. The van der Waals surface area contributed by atoms with Crippen LogP contribution in [0.5, 0.6) is 5.75 Å². The van der Waals surface area contributed by atoms with Gasteiger partial charge in [-0.05, 0) is 77.1 Å². The molecule has 0 saturated heterocycles. The average Bonchev–Trinajstić information content (AvgIpc) is 2.55. The third-order valence-electron chi connectivity index (χ3n) is 4.99. The van der Waals surface area contributed by atoms with E-state index in [0.29, 0.717) is 18.6 Å². The summed E-state index contributed by atoms with van der Waals surface area (Å²) >= 11 is 0. The molecule has 0 amide bonds. The molecule has 2 rings (SSSR count). The molecule has 4 heteroatoms. The van der Waals surface area contributed by atoms with Crippen molar-refractivity contribution in [2.75, 3.05) is 0 Å². The van der Waals surface area contributed by atoms with Crippen LogP contribution >= 0.6 is 0 Å². The lowest BCUT2D eigenvalue weighted by Gasteiger charge is -2.40.